The van der Waals surface area contributed by atoms with E-state index in [0.29, 0.717) is 6.79 Å². The Balaban J connectivity index is 2.79. The molecule has 11 heavy (non-hydrogen) atoms. The van der Waals surface area contributed by atoms with E-state index >= 15 is 0 Å². The SMILES string of the molecule is CCC1(C)OCOC1(C)CC. The summed E-state index contributed by atoms with van der Waals surface area (Å²) in [6.07, 6.45) is 2.02. The lowest BCUT2D eigenvalue weighted by molar-refractivity contribution is -0.0281. The molecule has 2 unspecified atom stereocenters. The van der Waals surface area contributed by atoms with Crippen LogP contribution in [0.15, 0.2) is 0 Å². The Labute approximate surface area is 68.9 Å². The first-order chi connectivity index (χ1) is 5.08. The van der Waals surface area contributed by atoms with Gasteiger partial charge in [0.1, 0.15) is 6.79 Å². The Hall–Kier alpha value is -0.0800. The standard InChI is InChI=1S/C9H18O2/c1-5-8(3)9(4,6-2)11-7-10-8/h5-7H2,1-4H3. The third kappa shape index (κ3) is 1.18. The molecule has 1 fully saturated rings. The van der Waals surface area contributed by atoms with Crippen molar-refractivity contribution in [2.75, 3.05) is 6.79 Å². The van der Waals surface area contributed by atoms with Crippen LogP contribution in [0.2, 0.25) is 0 Å². The largest absolute Gasteiger partial charge is 0.346 e. The smallest absolute Gasteiger partial charge is 0.148 e. The highest BCUT2D eigenvalue weighted by molar-refractivity contribution is 4.97. The van der Waals surface area contributed by atoms with Crippen molar-refractivity contribution >= 4 is 0 Å². The third-order valence-corrected chi connectivity index (χ3v) is 3.22. The molecule has 2 heteroatoms. The van der Waals surface area contributed by atoms with E-state index in [1.54, 1.807) is 0 Å². The molecule has 2 atom stereocenters. The van der Waals surface area contributed by atoms with Gasteiger partial charge in [-0.25, -0.2) is 0 Å². The third-order valence-electron chi connectivity index (χ3n) is 3.22. The van der Waals surface area contributed by atoms with Gasteiger partial charge in [-0.3, -0.25) is 0 Å². The van der Waals surface area contributed by atoms with Gasteiger partial charge in [0.2, 0.25) is 0 Å². The van der Waals surface area contributed by atoms with Gasteiger partial charge in [0.25, 0.3) is 0 Å². The summed E-state index contributed by atoms with van der Waals surface area (Å²) in [6.45, 7) is 8.99. The van der Waals surface area contributed by atoms with Gasteiger partial charge in [0.05, 0.1) is 11.2 Å². The number of rotatable bonds is 2. The Morgan fingerprint density at radius 2 is 1.36 bits per heavy atom. The second-order valence-electron chi connectivity index (χ2n) is 3.58. The van der Waals surface area contributed by atoms with E-state index in [2.05, 4.69) is 27.7 Å². The Morgan fingerprint density at radius 3 is 1.64 bits per heavy atom. The second-order valence-corrected chi connectivity index (χ2v) is 3.58. The van der Waals surface area contributed by atoms with Crippen molar-refractivity contribution in [2.45, 2.75) is 51.7 Å². The zero-order chi connectivity index (χ0) is 8.54. The molecule has 1 heterocycles. The first kappa shape index (κ1) is 9.01. The monoisotopic (exact) mass is 158 g/mol. The maximum absolute atomic E-state index is 5.57. The molecule has 0 amide bonds. The molecule has 2 nitrogen and oxygen atoms in total. The lowest BCUT2D eigenvalue weighted by Gasteiger charge is -2.36. The molecule has 1 aliphatic rings. The van der Waals surface area contributed by atoms with Crippen molar-refractivity contribution in [3.8, 4) is 0 Å². The van der Waals surface area contributed by atoms with Gasteiger partial charge in [-0.15, -0.1) is 0 Å². The molecule has 0 aromatic carbocycles. The summed E-state index contributed by atoms with van der Waals surface area (Å²) in [6, 6.07) is 0. The molecule has 0 spiro atoms. The molecule has 0 aromatic heterocycles. The highest BCUT2D eigenvalue weighted by atomic mass is 16.7. The van der Waals surface area contributed by atoms with Gasteiger partial charge < -0.3 is 9.47 Å². The van der Waals surface area contributed by atoms with Gasteiger partial charge in [0, 0.05) is 0 Å². The average molecular weight is 158 g/mol. The molecule has 0 bridgehead atoms. The van der Waals surface area contributed by atoms with E-state index < -0.39 is 0 Å². The van der Waals surface area contributed by atoms with Crippen molar-refractivity contribution in [3.63, 3.8) is 0 Å². The van der Waals surface area contributed by atoms with Crippen molar-refractivity contribution in [3.05, 3.63) is 0 Å². The van der Waals surface area contributed by atoms with E-state index in [1.807, 2.05) is 0 Å². The van der Waals surface area contributed by atoms with Gasteiger partial charge in [-0.2, -0.15) is 0 Å². The van der Waals surface area contributed by atoms with Gasteiger partial charge in [0.15, 0.2) is 0 Å². The maximum atomic E-state index is 5.57. The van der Waals surface area contributed by atoms with E-state index in [9.17, 15) is 0 Å². The normalized spacial score (nSPS) is 44.7. The average Bonchev–Trinajstić information content (AvgIpc) is 2.31. The molecule has 0 saturated carbocycles. The minimum Gasteiger partial charge on any atom is -0.346 e. The minimum atomic E-state index is -0.0816. The van der Waals surface area contributed by atoms with Gasteiger partial charge in [-0.1, -0.05) is 13.8 Å². The fourth-order valence-corrected chi connectivity index (χ4v) is 1.55. The van der Waals surface area contributed by atoms with Crippen molar-refractivity contribution in [2.24, 2.45) is 0 Å². The summed E-state index contributed by atoms with van der Waals surface area (Å²) in [5.74, 6) is 0. The predicted molar refractivity (Wildman–Crippen MR) is 44.4 cm³/mol. The van der Waals surface area contributed by atoms with Crippen LogP contribution in [-0.2, 0) is 9.47 Å². The van der Waals surface area contributed by atoms with Crippen molar-refractivity contribution < 1.29 is 9.47 Å². The maximum Gasteiger partial charge on any atom is 0.148 e. The van der Waals surface area contributed by atoms with E-state index in [1.165, 1.54) is 0 Å². The summed E-state index contributed by atoms with van der Waals surface area (Å²) in [5, 5.41) is 0. The van der Waals surface area contributed by atoms with Gasteiger partial charge >= 0.3 is 0 Å². The number of hydrogen-bond donors (Lipinski definition) is 0. The summed E-state index contributed by atoms with van der Waals surface area (Å²) < 4.78 is 11.1. The second kappa shape index (κ2) is 2.76. The molecule has 1 rings (SSSR count). The van der Waals surface area contributed by atoms with Crippen LogP contribution in [0.25, 0.3) is 0 Å². The summed E-state index contributed by atoms with van der Waals surface area (Å²) in [7, 11) is 0. The fourth-order valence-electron chi connectivity index (χ4n) is 1.55. The van der Waals surface area contributed by atoms with Crippen LogP contribution in [-0.4, -0.2) is 18.0 Å². The van der Waals surface area contributed by atoms with Crippen molar-refractivity contribution in [1.82, 2.24) is 0 Å². The van der Waals surface area contributed by atoms with Gasteiger partial charge in [-0.05, 0) is 26.7 Å². The first-order valence-electron chi connectivity index (χ1n) is 4.36. The molecular weight excluding hydrogens is 140 g/mol. The first-order valence-corrected chi connectivity index (χ1v) is 4.36. The number of hydrogen-bond acceptors (Lipinski definition) is 2. The Bertz CT molecular complexity index is 130. The lowest BCUT2D eigenvalue weighted by Crippen LogP contribution is -2.46. The lowest BCUT2D eigenvalue weighted by atomic mass is 9.82. The van der Waals surface area contributed by atoms with E-state index in [-0.39, 0.29) is 11.2 Å². The topological polar surface area (TPSA) is 18.5 Å². The highest BCUT2D eigenvalue weighted by Gasteiger charge is 2.48. The summed E-state index contributed by atoms with van der Waals surface area (Å²) >= 11 is 0. The molecule has 0 radical (unpaired) electrons. The minimum absolute atomic E-state index is 0.0816. The van der Waals surface area contributed by atoms with Crippen LogP contribution < -0.4 is 0 Å². The molecular formula is C9H18O2. The van der Waals surface area contributed by atoms with Crippen LogP contribution in [0.5, 0.6) is 0 Å². The molecule has 1 saturated heterocycles. The summed E-state index contributed by atoms with van der Waals surface area (Å²) in [4.78, 5) is 0. The van der Waals surface area contributed by atoms with Crippen LogP contribution in [0.4, 0.5) is 0 Å². The zero-order valence-electron chi connectivity index (χ0n) is 7.94. The summed E-state index contributed by atoms with van der Waals surface area (Å²) in [5.41, 5.74) is -0.163. The Morgan fingerprint density at radius 1 is 1.00 bits per heavy atom. The van der Waals surface area contributed by atoms with Crippen LogP contribution in [0, 0.1) is 0 Å². The Kier molecular flexibility index (Phi) is 2.26. The van der Waals surface area contributed by atoms with Crippen LogP contribution >= 0.6 is 0 Å². The van der Waals surface area contributed by atoms with E-state index in [0.717, 1.165) is 12.8 Å². The van der Waals surface area contributed by atoms with Crippen LogP contribution in [0.1, 0.15) is 40.5 Å². The molecule has 0 aromatic rings. The van der Waals surface area contributed by atoms with Crippen LogP contribution in [0.3, 0.4) is 0 Å². The predicted octanol–water partition coefficient (Wildman–Crippen LogP) is 2.33. The fraction of sp³-hybridized carbons (Fsp3) is 1.00. The number of ether oxygens (including phenoxy) is 2. The van der Waals surface area contributed by atoms with E-state index in [4.69, 9.17) is 9.47 Å². The molecule has 1 aliphatic heterocycles. The zero-order valence-corrected chi connectivity index (χ0v) is 7.94. The highest BCUT2D eigenvalue weighted by Crippen LogP contribution is 2.39. The molecule has 66 valence electrons. The quantitative estimate of drug-likeness (QED) is 0.614. The molecule has 0 N–H and O–H groups in total. The molecule has 0 aliphatic carbocycles. The van der Waals surface area contributed by atoms with Crippen molar-refractivity contribution in [1.29, 1.82) is 0 Å².